The molecule has 17 heavy (non-hydrogen) atoms. The monoisotopic (exact) mass is 237 g/mol. The van der Waals surface area contributed by atoms with Crippen LogP contribution in [0.3, 0.4) is 0 Å². The fourth-order valence-electron chi connectivity index (χ4n) is 2.48. The van der Waals surface area contributed by atoms with E-state index in [0.717, 1.165) is 51.0 Å². The lowest BCUT2D eigenvalue weighted by molar-refractivity contribution is 0.139. The van der Waals surface area contributed by atoms with Gasteiger partial charge in [-0.15, -0.1) is 0 Å². The summed E-state index contributed by atoms with van der Waals surface area (Å²) in [5.74, 6) is 0. The van der Waals surface area contributed by atoms with E-state index in [4.69, 9.17) is 10.5 Å². The van der Waals surface area contributed by atoms with Gasteiger partial charge in [0.05, 0.1) is 5.69 Å². The fourth-order valence-corrected chi connectivity index (χ4v) is 2.48. The van der Waals surface area contributed by atoms with Crippen molar-refractivity contribution < 1.29 is 4.74 Å². The van der Waals surface area contributed by atoms with Gasteiger partial charge in [0.15, 0.2) is 0 Å². The predicted octanol–water partition coefficient (Wildman–Crippen LogP) is 1.42. The highest BCUT2D eigenvalue weighted by atomic mass is 16.5. The molecule has 2 N–H and O–H groups in total. The summed E-state index contributed by atoms with van der Waals surface area (Å²) in [4.78, 5) is 0. The van der Waals surface area contributed by atoms with E-state index in [1.54, 1.807) is 0 Å². The van der Waals surface area contributed by atoms with Crippen LogP contribution in [0, 0.1) is 0 Å². The molecule has 0 aromatic carbocycles. The summed E-state index contributed by atoms with van der Waals surface area (Å²) in [7, 11) is 2.01. The average molecular weight is 237 g/mol. The van der Waals surface area contributed by atoms with Gasteiger partial charge in [-0.3, -0.25) is 4.68 Å². The molecule has 1 unspecified atom stereocenters. The molecule has 1 atom stereocenters. The number of hydrogen-bond acceptors (Lipinski definition) is 3. The van der Waals surface area contributed by atoms with Crippen molar-refractivity contribution in [3.63, 3.8) is 0 Å². The molecule has 0 radical (unpaired) electrons. The van der Waals surface area contributed by atoms with Gasteiger partial charge in [-0.1, -0.05) is 6.92 Å². The Kier molecular flexibility index (Phi) is 3.84. The molecule has 4 heteroatoms. The molecule has 0 aliphatic carbocycles. The van der Waals surface area contributed by atoms with Crippen molar-refractivity contribution in [2.24, 2.45) is 12.8 Å². The van der Waals surface area contributed by atoms with Gasteiger partial charge in [0.1, 0.15) is 0 Å². The van der Waals surface area contributed by atoms with Gasteiger partial charge in [-0.05, 0) is 31.7 Å². The molecule has 2 heterocycles. The third-order valence-electron chi connectivity index (χ3n) is 3.63. The third-order valence-corrected chi connectivity index (χ3v) is 3.63. The summed E-state index contributed by atoms with van der Waals surface area (Å²) in [6.45, 7) is 3.77. The van der Waals surface area contributed by atoms with E-state index < -0.39 is 0 Å². The zero-order valence-corrected chi connectivity index (χ0v) is 10.9. The molecular weight excluding hydrogens is 214 g/mol. The SMILES string of the molecule is CCc1cc(CC2(N)CCCOCC2)n(C)n1. The van der Waals surface area contributed by atoms with Crippen molar-refractivity contribution in [1.82, 2.24) is 9.78 Å². The maximum atomic E-state index is 6.49. The molecule has 2 rings (SSSR count). The van der Waals surface area contributed by atoms with Crippen molar-refractivity contribution in [2.45, 2.75) is 44.6 Å². The van der Waals surface area contributed by atoms with E-state index in [1.807, 2.05) is 11.7 Å². The Hall–Kier alpha value is -0.870. The highest BCUT2D eigenvalue weighted by molar-refractivity contribution is 5.13. The van der Waals surface area contributed by atoms with Gasteiger partial charge in [0, 0.05) is 37.9 Å². The number of ether oxygens (including phenoxy) is 1. The van der Waals surface area contributed by atoms with Crippen LogP contribution in [0.5, 0.6) is 0 Å². The quantitative estimate of drug-likeness (QED) is 0.865. The number of nitrogens with two attached hydrogens (primary N) is 1. The second-order valence-corrected chi connectivity index (χ2v) is 5.11. The first-order chi connectivity index (χ1) is 8.13. The van der Waals surface area contributed by atoms with Gasteiger partial charge < -0.3 is 10.5 Å². The van der Waals surface area contributed by atoms with Crippen LogP contribution in [0.2, 0.25) is 0 Å². The van der Waals surface area contributed by atoms with Crippen molar-refractivity contribution >= 4 is 0 Å². The van der Waals surface area contributed by atoms with Crippen LogP contribution in [0.4, 0.5) is 0 Å². The molecule has 1 fully saturated rings. The van der Waals surface area contributed by atoms with E-state index in [2.05, 4.69) is 18.1 Å². The minimum absolute atomic E-state index is 0.116. The summed E-state index contributed by atoms with van der Waals surface area (Å²) in [5.41, 5.74) is 8.76. The van der Waals surface area contributed by atoms with Crippen LogP contribution in [0.15, 0.2) is 6.07 Å². The molecule has 0 amide bonds. The van der Waals surface area contributed by atoms with E-state index in [9.17, 15) is 0 Å². The zero-order valence-electron chi connectivity index (χ0n) is 10.9. The molecule has 1 saturated heterocycles. The van der Waals surface area contributed by atoms with Crippen molar-refractivity contribution in [2.75, 3.05) is 13.2 Å². The molecule has 96 valence electrons. The Morgan fingerprint density at radius 1 is 1.47 bits per heavy atom. The van der Waals surface area contributed by atoms with Crippen LogP contribution >= 0.6 is 0 Å². The van der Waals surface area contributed by atoms with E-state index in [1.165, 1.54) is 5.69 Å². The minimum Gasteiger partial charge on any atom is -0.381 e. The number of aromatic nitrogens is 2. The molecule has 4 nitrogen and oxygen atoms in total. The molecule has 0 saturated carbocycles. The lowest BCUT2D eigenvalue weighted by Crippen LogP contribution is -2.42. The van der Waals surface area contributed by atoms with Gasteiger partial charge in [0.2, 0.25) is 0 Å². The number of aryl methyl sites for hydroxylation is 2. The zero-order chi connectivity index (χ0) is 12.3. The summed E-state index contributed by atoms with van der Waals surface area (Å²) >= 11 is 0. The molecule has 0 spiro atoms. The average Bonchev–Trinajstić information content (AvgIpc) is 2.51. The molecule has 1 aromatic heterocycles. The van der Waals surface area contributed by atoms with Gasteiger partial charge >= 0.3 is 0 Å². The van der Waals surface area contributed by atoms with Crippen molar-refractivity contribution in [3.05, 3.63) is 17.5 Å². The first-order valence-electron chi connectivity index (χ1n) is 6.51. The highest BCUT2D eigenvalue weighted by Crippen LogP contribution is 2.23. The standard InChI is InChI=1S/C13H23N3O/c1-3-11-9-12(16(2)15-11)10-13(14)5-4-7-17-8-6-13/h9H,3-8,10,14H2,1-2H3. The third kappa shape index (κ3) is 3.07. The molecule has 1 aliphatic heterocycles. The highest BCUT2D eigenvalue weighted by Gasteiger charge is 2.28. The Bertz CT molecular complexity index is 365. The number of hydrogen-bond donors (Lipinski definition) is 1. The normalized spacial score (nSPS) is 25.8. The van der Waals surface area contributed by atoms with Crippen LogP contribution in [0.25, 0.3) is 0 Å². The summed E-state index contributed by atoms with van der Waals surface area (Å²) in [5, 5.41) is 4.48. The molecule has 1 aromatic rings. The fraction of sp³-hybridized carbons (Fsp3) is 0.769. The summed E-state index contributed by atoms with van der Waals surface area (Å²) in [6.07, 6.45) is 4.93. The molecule has 1 aliphatic rings. The van der Waals surface area contributed by atoms with Gasteiger partial charge in [-0.2, -0.15) is 5.10 Å². The first kappa shape index (κ1) is 12.6. The van der Waals surface area contributed by atoms with E-state index in [0.29, 0.717) is 0 Å². The molecule has 0 bridgehead atoms. The Morgan fingerprint density at radius 3 is 3.00 bits per heavy atom. The van der Waals surface area contributed by atoms with E-state index >= 15 is 0 Å². The lowest BCUT2D eigenvalue weighted by atomic mass is 9.87. The van der Waals surface area contributed by atoms with Crippen LogP contribution < -0.4 is 5.73 Å². The summed E-state index contributed by atoms with van der Waals surface area (Å²) < 4.78 is 7.45. The topological polar surface area (TPSA) is 53.1 Å². The number of nitrogens with zero attached hydrogens (tertiary/aromatic N) is 2. The smallest absolute Gasteiger partial charge is 0.0624 e. The first-order valence-corrected chi connectivity index (χ1v) is 6.51. The van der Waals surface area contributed by atoms with Crippen molar-refractivity contribution in [1.29, 1.82) is 0 Å². The van der Waals surface area contributed by atoms with E-state index in [-0.39, 0.29) is 5.54 Å². The molecular formula is C13H23N3O. The van der Waals surface area contributed by atoms with Gasteiger partial charge in [0.25, 0.3) is 0 Å². The Balaban J connectivity index is 2.09. The predicted molar refractivity (Wildman–Crippen MR) is 67.9 cm³/mol. The van der Waals surface area contributed by atoms with Crippen LogP contribution in [-0.2, 0) is 24.6 Å². The van der Waals surface area contributed by atoms with Crippen LogP contribution in [0.1, 0.15) is 37.6 Å². The van der Waals surface area contributed by atoms with Crippen molar-refractivity contribution in [3.8, 4) is 0 Å². The number of rotatable bonds is 3. The maximum Gasteiger partial charge on any atom is 0.0624 e. The Morgan fingerprint density at radius 2 is 2.29 bits per heavy atom. The van der Waals surface area contributed by atoms with Gasteiger partial charge in [-0.25, -0.2) is 0 Å². The second kappa shape index (κ2) is 5.19. The second-order valence-electron chi connectivity index (χ2n) is 5.11. The lowest BCUT2D eigenvalue weighted by Gasteiger charge is -2.27. The minimum atomic E-state index is -0.116. The summed E-state index contributed by atoms with van der Waals surface area (Å²) in [6, 6.07) is 2.18. The maximum absolute atomic E-state index is 6.49. The largest absolute Gasteiger partial charge is 0.381 e. The van der Waals surface area contributed by atoms with Crippen LogP contribution in [-0.4, -0.2) is 28.5 Å². The Labute approximate surface area is 103 Å².